The summed E-state index contributed by atoms with van der Waals surface area (Å²) in [5, 5.41) is 13.9. The second-order valence-electron chi connectivity index (χ2n) is 7.66. The Labute approximate surface area is 206 Å². The molecule has 2 atom stereocenters. The largest absolute Gasteiger partial charge is 0.463 e. The first-order valence-electron chi connectivity index (χ1n) is 10.2. The van der Waals surface area contributed by atoms with E-state index >= 15 is 0 Å². The number of hydrogen-bond donors (Lipinski definition) is 2. The second-order valence-corrected chi connectivity index (χ2v) is 11.7. The van der Waals surface area contributed by atoms with Gasteiger partial charge in [0.15, 0.2) is 0 Å². The number of thioether (sulfide) groups is 1. The Bertz CT molecular complexity index is 682. The molecule has 0 fully saturated rings. The van der Waals surface area contributed by atoms with Crippen LogP contribution in [-0.4, -0.2) is 43.6 Å². The van der Waals surface area contributed by atoms with E-state index in [1.165, 1.54) is 0 Å². The lowest BCUT2D eigenvalue weighted by Crippen LogP contribution is -2.52. The highest BCUT2D eigenvalue weighted by Gasteiger charge is 2.54. The number of carbonyl (C=O) groups is 2. The summed E-state index contributed by atoms with van der Waals surface area (Å²) in [6.07, 6.45) is 4.85. The highest BCUT2D eigenvalue weighted by molar-refractivity contribution is 9.10. The summed E-state index contributed by atoms with van der Waals surface area (Å²) in [6, 6.07) is 0. The van der Waals surface area contributed by atoms with Gasteiger partial charge in [-0.15, -0.1) is 0 Å². The number of allylic oxidation sites excluding steroid dienone is 3. The fourth-order valence-electron chi connectivity index (χ4n) is 2.32. The predicted molar refractivity (Wildman–Crippen MR) is 141 cm³/mol. The molecule has 0 bridgehead atoms. The SMILES string of the molecule is C=C/C=C(\C=C)C(=S)SC(C)(O)C(C)(C(=O)OCCNC(=O)C(C)(C)Br)C(C)C.CC. The third kappa shape index (κ3) is 9.60. The highest BCUT2D eigenvalue weighted by Crippen LogP contribution is 2.47. The van der Waals surface area contributed by atoms with Gasteiger partial charge in [0.2, 0.25) is 5.91 Å². The molecule has 0 aromatic heterocycles. The Balaban J connectivity index is 0. The van der Waals surface area contributed by atoms with Gasteiger partial charge in [-0.3, -0.25) is 9.59 Å². The molecule has 5 nitrogen and oxygen atoms in total. The minimum absolute atomic E-state index is 0.00453. The van der Waals surface area contributed by atoms with Crippen LogP contribution in [0.15, 0.2) is 37.0 Å². The average molecular weight is 537 g/mol. The minimum atomic E-state index is -1.54. The molecule has 0 rings (SSSR count). The molecule has 0 saturated heterocycles. The van der Waals surface area contributed by atoms with Crippen molar-refractivity contribution in [2.75, 3.05) is 13.2 Å². The molecule has 0 radical (unpaired) electrons. The van der Waals surface area contributed by atoms with Gasteiger partial charge in [-0.05, 0) is 39.2 Å². The van der Waals surface area contributed by atoms with E-state index in [1.807, 2.05) is 27.7 Å². The van der Waals surface area contributed by atoms with E-state index in [4.69, 9.17) is 17.0 Å². The lowest BCUT2D eigenvalue weighted by molar-refractivity contribution is -0.168. The van der Waals surface area contributed by atoms with Crippen LogP contribution in [-0.2, 0) is 14.3 Å². The molecule has 0 aromatic rings. The van der Waals surface area contributed by atoms with E-state index in [-0.39, 0.29) is 25.0 Å². The maximum Gasteiger partial charge on any atom is 0.315 e. The Hall–Kier alpha value is -0.960. The number of thiocarbonyl (C=S) groups is 1. The van der Waals surface area contributed by atoms with Gasteiger partial charge in [-0.2, -0.15) is 0 Å². The topological polar surface area (TPSA) is 75.6 Å². The molecule has 0 aliphatic heterocycles. The normalized spacial score (nSPS) is 15.5. The average Bonchev–Trinajstić information content (AvgIpc) is 2.68. The lowest BCUT2D eigenvalue weighted by atomic mass is 9.74. The summed E-state index contributed by atoms with van der Waals surface area (Å²) in [4.78, 5) is 23.3. The molecule has 178 valence electrons. The minimum Gasteiger partial charge on any atom is -0.463 e. The molecular weight excluding hydrogens is 498 g/mol. The Morgan fingerprint density at radius 3 is 2.13 bits per heavy atom. The van der Waals surface area contributed by atoms with Gasteiger partial charge in [0, 0.05) is 0 Å². The number of halogens is 1. The van der Waals surface area contributed by atoms with E-state index in [0.717, 1.165) is 11.8 Å². The number of alkyl halides is 1. The second kappa shape index (κ2) is 14.2. The van der Waals surface area contributed by atoms with Crippen molar-refractivity contribution in [1.29, 1.82) is 0 Å². The first-order valence-corrected chi connectivity index (χ1v) is 12.2. The standard InChI is InChI=1S/C21H32BrNO4S2.C2H6/c1-9-11-15(10-2)16(28)29-21(8,26)20(7,14(3)4)18(25)27-13-12-23-17(24)19(5,6)22;1-2/h9-11,14,26H,1-2,12-13H2,3-8H3,(H,23,24);1-2H3/b15-11+;. The van der Waals surface area contributed by atoms with Gasteiger partial charge in [-0.25, -0.2) is 0 Å². The molecule has 31 heavy (non-hydrogen) atoms. The van der Waals surface area contributed by atoms with Gasteiger partial charge in [0.05, 0.1) is 15.1 Å². The van der Waals surface area contributed by atoms with Crippen LogP contribution in [0.3, 0.4) is 0 Å². The smallest absolute Gasteiger partial charge is 0.315 e. The first-order chi connectivity index (χ1) is 14.1. The monoisotopic (exact) mass is 535 g/mol. The number of hydrogen-bond acceptors (Lipinski definition) is 6. The van der Waals surface area contributed by atoms with Gasteiger partial charge >= 0.3 is 5.97 Å². The molecular formula is C23H38BrNO4S2. The number of ether oxygens (including phenoxy) is 1. The van der Waals surface area contributed by atoms with Crippen molar-refractivity contribution in [3.8, 4) is 0 Å². The van der Waals surface area contributed by atoms with Crippen LogP contribution in [0.25, 0.3) is 0 Å². The van der Waals surface area contributed by atoms with Crippen LogP contribution in [0.2, 0.25) is 0 Å². The molecule has 2 unspecified atom stereocenters. The quantitative estimate of drug-likeness (QED) is 0.0684. The summed E-state index contributed by atoms with van der Waals surface area (Å²) in [5.74, 6) is -1.01. The molecule has 0 spiro atoms. The van der Waals surface area contributed by atoms with E-state index < -0.39 is 20.6 Å². The summed E-state index contributed by atoms with van der Waals surface area (Å²) in [6.45, 7) is 21.8. The number of aliphatic hydroxyl groups is 1. The number of esters is 1. The van der Waals surface area contributed by atoms with Crippen LogP contribution >= 0.6 is 39.9 Å². The molecule has 2 N–H and O–H groups in total. The Morgan fingerprint density at radius 1 is 1.23 bits per heavy atom. The van der Waals surface area contributed by atoms with Crippen LogP contribution in [0.4, 0.5) is 0 Å². The maximum atomic E-state index is 12.9. The van der Waals surface area contributed by atoms with Crippen molar-refractivity contribution >= 4 is 56.0 Å². The van der Waals surface area contributed by atoms with Crippen molar-refractivity contribution in [2.24, 2.45) is 11.3 Å². The van der Waals surface area contributed by atoms with Crippen molar-refractivity contribution in [2.45, 2.75) is 64.6 Å². The summed E-state index contributed by atoms with van der Waals surface area (Å²) >= 11 is 9.69. The first kappa shape index (κ1) is 32.2. The third-order valence-electron chi connectivity index (χ3n) is 4.75. The maximum absolute atomic E-state index is 12.9. The zero-order valence-corrected chi connectivity index (χ0v) is 23.2. The number of nitrogens with one attached hydrogen (secondary N) is 1. The molecule has 0 aliphatic rings. The van der Waals surface area contributed by atoms with E-state index in [9.17, 15) is 14.7 Å². The lowest BCUT2D eigenvalue weighted by Gasteiger charge is -2.43. The predicted octanol–water partition coefficient (Wildman–Crippen LogP) is 5.58. The van der Waals surface area contributed by atoms with Crippen molar-refractivity contribution in [1.82, 2.24) is 5.32 Å². The van der Waals surface area contributed by atoms with E-state index in [0.29, 0.717) is 9.77 Å². The number of rotatable bonds is 11. The van der Waals surface area contributed by atoms with E-state index in [1.54, 1.807) is 45.9 Å². The van der Waals surface area contributed by atoms with Gasteiger partial charge in [0.1, 0.15) is 17.0 Å². The van der Waals surface area contributed by atoms with Gasteiger partial charge < -0.3 is 15.2 Å². The van der Waals surface area contributed by atoms with Crippen molar-refractivity contribution < 1.29 is 19.4 Å². The summed E-state index contributed by atoms with van der Waals surface area (Å²) in [5.41, 5.74) is -0.610. The highest BCUT2D eigenvalue weighted by atomic mass is 79.9. The summed E-state index contributed by atoms with van der Waals surface area (Å²) in [7, 11) is 0. The van der Waals surface area contributed by atoms with Gasteiger partial charge in [-0.1, -0.05) is 99.0 Å². The molecule has 0 aliphatic carbocycles. The van der Waals surface area contributed by atoms with Crippen LogP contribution in [0.1, 0.15) is 55.4 Å². The zero-order valence-electron chi connectivity index (χ0n) is 20.0. The fourth-order valence-corrected chi connectivity index (χ4v) is 4.26. The summed E-state index contributed by atoms with van der Waals surface area (Å²) < 4.78 is 5.09. The van der Waals surface area contributed by atoms with Crippen LogP contribution in [0.5, 0.6) is 0 Å². The van der Waals surface area contributed by atoms with E-state index in [2.05, 4.69) is 34.4 Å². The van der Waals surface area contributed by atoms with Gasteiger partial charge in [0.25, 0.3) is 0 Å². The van der Waals surface area contributed by atoms with Crippen molar-refractivity contribution in [3.63, 3.8) is 0 Å². The van der Waals surface area contributed by atoms with Crippen molar-refractivity contribution in [3.05, 3.63) is 37.0 Å². The van der Waals surface area contributed by atoms with Crippen LogP contribution in [0, 0.1) is 11.3 Å². The number of amides is 1. The number of carbonyl (C=O) groups excluding carboxylic acids is 2. The molecule has 0 aromatic carbocycles. The molecule has 8 heteroatoms. The molecule has 1 amide bonds. The Kier molecular flexibility index (Phi) is 14.8. The molecule has 0 heterocycles. The Morgan fingerprint density at radius 2 is 1.74 bits per heavy atom. The molecule has 0 saturated carbocycles. The zero-order chi connectivity index (χ0) is 25.0. The van der Waals surface area contributed by atoms with Crippen LogP contribution < -0.4 is 5.32 Å². The fraction of sp³-hybridized carbons (Fsp3) is 0.609. The third-order valence-corrected chi connectivity index (χ3v) is 6.84.